The molecule has 0 spiro atoms. The molecule has 0 unspecified atom stereocenters. The number of hydrogen-bond donors (Lipinski definition) is 2. The quantitative estimate of drug-likeness (QED) is 0.445. The number of aromatic nitrogens is 2. The van der Waals surface area contributed by atoms with E-state index in [1.54, 1.807) is 11.3 Å². The van der Waals surface area contributed by atoms with Crippen LogP contribution in [-0.2, 0) is 6.54 Å². The summed E-state index contributed by atoms with van der Waals surface area (Å²) >= 11 is 1.67. The van der Waals surface area contributed by atoms with Gasteiger partial charge in [-0.15, -0.1) is 11.3 Å². The summed E-state index contributed by atoms with van der Waals surface area (Å²) in [5, 5.41) is 12.8. The molecule has 30 heavy (non-hydrogen) atoms. The van der Waals surface area contributed by atoms with Gasteiger partial charge in [0.05, 0.1) is 17.5 Å². The minimum atomic E-state index is -0.204. The molecule has 152 valence electrons. The topological polar surface area (TPSA) is 59.0 Å². The third-order valence-corrected chi connectivity index (χ3v) is 5.80. The number of carbonyl (C=O) groups excluding carboxylic acids is 1. The number of thiophene rings is 1. The van der Waals surface area contributed by atoms with Gasteiger partial charge in [0.1, 0.15) is 5.69 Å². The Morgan fingerprint density at radius 3 is 2.27 bits per heavy atom. The Hall–Kier alpha value is -3.38. The van der Waals surface area contributed by atoms with Gasteiger partial charge in [0.2, 0.25) is 0 Å². The van der Waals surface area contributed by atoms with Gasteiger partial charge in [0, 0.05) is 12.2 Å². The fourth-order valence-electron chi connectivity index (χ4n) is 3.39. The van der Waals surface area contributed by atoms with Crippen LogP contribution in [0.4, 0.5) is 4.79 Å². The van der Waals surface area contributed by atoms with Crippen molar-refractivity contribution in [3.8, 4) is 10.6 Å². The fraction of sp³-hybridized carbons (Fsp3) is 0.167. The maximum absolute atomic E-state index is 12.6. The van der Waals surface area contributed by atoms with E-state index in [9.17, 15) is 4.79 Å². The lowest BCUT2D eigenvalue weighted by molar-refractivity contribution is 0.238. The van der Waals surface area contributed by atoms with Gasteiger partial charge in [-0.25, -0.2) is 4.79 Å². The van der Waals surface area contributed by atoms with Crippen LogP contribution in [0.25, 0.3) is 10.6 Å². The van der Waals surface area contributed by atoms with E-state index in [0.29, 0.717) is 13.1 Å². The van der Waals surface area contributed by atoms with Crippen molar-refractivity contribution in [2.24, 2.45) is 0 Å². The number of urea groups is 1. The Labute approximate surface area is 180 Å². The number of hydrogen-bond acceptors (Lipinski definition) is 3. The molecule has 2 N–H and O–H groups in total. The molecule has 2 amide bonds. The summed E-state index contributed by atoms with van der Waals surface area (Å²) in [5.41, 5.74) is 4.14. The lowest BCUT2D eigenvalue weighted by atomic mass is 9.99. The molecule has 4 aromatic rings. The molecule has 2 aromatic carbocycles. The molecule has 0 bridgehead atoms. The predicted octanol–water partition coefficient (Wildman–Crippen LogP) is 5.01. The molecule has 4 rings (SSSR count). The van der Waals surface area contributed by atoms with Crippen molar-refractivity contribution in [2.75, 3.05) is 6.54 Å². The predicted molar refractivity (Wildman–Crippen MR) is 122 cm³/mol. The van der Waals surface area contributed by atoms with Gasteiger partial charge in [0.25, 0.3) is 0 Å². The number of rotatable bonds is 7. The van der Waals surface area contributed by atoms with E-state index in [1.807, 2.05) is 83.7 Å². The molecule has 0 radical (unpaired) electrons. The second-order valence-corrected chi connectivity index (χ2v) is 7.97. The Kier molecular flexibility index (Phi) is 6.25. The first kappa shape index (κ1) is 19.9. The number of amides is 2. The van der Waals surface area contributed by atoms with Crippen LogP contribution in [0.1, 0.15) is 22.9 Å². The second-order valence-electron chi connectivity index (χ2n) is 7.03. The van der Waals surface area contributed by atoms with E-state index in [1.165, 1.54) is 0 Å². The SMILES string of the molecule is Cc1cc(-c2cccs2)nn1CCNC(=O)NC(c1ccccc1)c1ccccc1. The summed E-state index contributed by atoms with van der Waals surface area (Å²) in [6, 6.07) is 25.7. The highest BCUT2D eigenvalue weighted by atomic mass is 32.1. The summed E-state index contributed by atoms with van der Waals surface area (Å²) in [5.74, 6) is 0. The van der Waals surface area contributed by atoms with Gasteiger partial charge in [-0.05, 0) is 35.6 Å². The van der Waals surface area contributed by atoms with Crippen molar-refractivity contribution >= 4 is 17.4 Å². The largest absolute Gasteiger partial charge is 0.336 e. The standard InChI is InChI=1S/C24H24N4OS/c1-18-17-21(22-13-8-16-30-22)27-28(18)15-14-25-24(29)26-23(19-9-4-2-5-10-19)20-11-6-3-7-12-20/h2-13,16-17,23H,14-15H2,1H3,(H2,25,26,29). The van der Waals surface area contributed by atoms with Crippen LogP contribution < -0.4 is 10.6 Å². The zero-order chi connectivity index (χ0) is 20.8. The normalized spacial score (nSPS) is 10.9. The molecule has 0 atom stereocenters. The molecule has 2 heterocycles. The number of nitrogens with zero attached hydrogens (tertiary/aromatic N) is 2. The third kappa shape index (κ3) is 4.78. The van der Waals surface area contributed by atoms with Gasteiger partial charge in [0.15, 0.2) is 0 Å². The molecular weight excluding hydrogens is 392 g/mol. The highest BCUT2D eigenvalue weighted by Gasteiger charge is 2.16. The average molecular weight is 417 g/mol. The molecule has 2 aromatic heterocycles. The molecule has 5 nitrogen and oxygen atoms in total. The Bertz CT molecular complexity index is 1040. The van der Waals surface area contributed by atoms with E-state index in [4.69, 9.17) is 0 Å². The molecule has 6 heteroatoms. The van der Waals surface area contributed by atoms with Crippen molar-refractivity contribution in [3.05, 3.63) is 101 Å². The average Bonchev–Trinajstić information content (AvgIpc) is 3.43. The molecule has 0 fully saturated rings. The van der Waals surface area contributed by atoms with Gasteiger partial charge >= 0.3 is 6.03 Å². The molecule has 0 aliphatic rings. The summed E-state index contributed by atoms with van der Waals surface area (Å²) in [4.78, 5) is 13.8. The van der Waals surface area contributed by atoms with E-state index < -0.39 is 0 Å². The van der Waals surface area contributed by atoms with Gasteiger partial charge in [-0.1, -0.05) is 66.7 Å². The number of aryl methyl sites for hydroxylation is 1. The van der Waals surface area contributed by atoms with Crippen LogP contribution in [0, 0.1) is 6.92 Å². The van der Waals surface area contributed by atoms with Crippen molar-refractivity contribution in [3.63, 3.8) is 0 Å². The fourth-order valence-corrected chi connectivity index (χ4v) is 4.07. The highest BCUT2D eigenvalue weighted by Crippen LogP contribution is 2.24. The van der Waals surface area contributed by atoms with Crippen LogP contribution in [0.2, 0.25) is 0 Å². The minimum absolute atomic E-state index is 0.198. The lowest BCUT2D eigenvalue weighted by Crippen LogP contribution is -2.39. The summed E-state index contributed by atoms with van der Waals surface area (Å²) in [7, 11) is 0. The maximum atomic E-state index is 12.6. The third-order valence-electron chi connectivity index (χ3n) is 4.91. The monoisotopic (exact) mass is 416 g/mol. The molecule has 0 aliphatic carbocycles. The number of carbonyl (C=O) groups is 1. The van der Waals surface area contributed by atoms with E-state index >= 15 is 0 Å². The maximum Gasteiger partial charge on any atom is 0.315 e. The van der Waals surface area contributed by atoms with Gasteiger partial charge < -0.3 is 10.6 Å². The van der Waals surface area contributed by atoms with Crippen molar-refractivity contribution in [1.29, 1.82) is 0 Å². The minimum Gasteiger partial charge on any atom is -0.336 e. The van der Waals surface area contributed by atoms with Gasteiger partial charge in [-0.2, -0.15) is 5.10 Å². The van der Waals surface area contributed by atoms with Crippen molar-refractivity contribution in [1.82, 2.24) is 20.4 Å². The van der Waals surface area contributed by atoms with Crippen molar-refractivity contribution < 1.29 is 4.79 Å². The van der Waals surface area contributed by atoms with E-state index in [-0.39, 0.29) is 12.1 Å². The van der Waals surface area contributed by atoms with Crippen LogP contribution in [-0.4, -0.2) is 22.4 Å². The van der Waals surface area contributed by atoms with Crippen LogP contribution in [0.3, 0.4) is 0 Å². The van der Waals surface area contributed by atoms with Crippen LogP contribution in [0.5, 0.6) is 0 Å². The Morgan fingerprint density at radius 1 is 1.00 bits per heavy atom. The highest BCUT2D eigenvalue weighted by molar-refractivity contribution is 7.13. The van der Waals surface area contributed by atoms with Crippen LogP contribution in [0.15, 0.2) is 84.2 Å². The molecule has 0 aliphatic heterocycles. The molecular formula is C24H24N4OS. The van der Waals surface area contributed by atoms with Crippen molar-refractivity contribution in [2.45, 2.75) is 19.5 Å². The zero-order valence-corrected chi connectivity index (χ0v) is 17.6. The zero-order valence-electron chi connectivity index (χ0n) is 16.8. The first-order valence-electron chi connectivity index (χ1n) is 9.93. The smallest absolute Gasteiger partial charge is 0.315 e. The number of nitrogens with one attached hydrogen (secondary N) is 2. The van der Waals surface area contributed by atoms with Crippen LogP contribution >= 0.6 is 11.3 Å². The lowest BCUT2D eigenvalue weighted by Gasteiger charge is -2.20. The first-order valence-corrected chi connectivity index (χ1v) is 10.8. The molecule has 0 saturated carbocycles. The molecule has 0 saturated heterocycles. The van der Waals surface area contributed by atoms with E-state index in [2.05, 4.69) is 27.9 Å². The summed E-state index contributed by atoms with van der Waals surface area (Å²) in [6.45, 7) is 3.14. The first-order chi connectivity index (χ1) is 14.7. The van der Waals surface area contributed by atoms with Gasteiger partial charge in [-0.3, -0.25) is 4.68 Å². The second kappa shape index (κ2) is 9.41. The van der Waals surface area contributed by atoms with E-state index in [0.717, 1.165) is 27.4 Å². The Morgan fingerprint density at radius 2 is 1.67 bits per heavy atom. The number of benzene rings is 2. The summed E-state index contributed by atoms with van der Waals surface area (Å²) in [6.07, 6.45) is 0. The summed E-state index contributed by atoms with van der Waals surface area (Å²) < 4.78 is 1.93. The Balaban J connectivity index is 1.38.